The number of phenols is 1. The fraction of sp³-hybridized carbons (Fsp3) is 0.222. The van der Waals surface area contributed by atoms with Crippen LogP contribution in [0.25, 0.3) is 0 Å². The maximum absolute atomic E-state index is 13.0. The quantitative estimate of drug-likeness (QED) is 0.803. The van der Waals surface area contributed by atoms with E-state index in [9.17, 15) is 14.3 Å². The molecule has 0 heterocycles. The zero-order valence-electron chi connectivity index (χ0n) is 7.83. The molecule has 0 fully saturated rings. The number of esters is 1. The molecule has 1 rings (SSSR count). The lowest BCUT2D eigenvalue weighted by Crippen LogP contribution is -2.23. The molecule has 0 aliphatic rings. The third-order valence-electron chi connectivity index (χ3n) is 1.88. The van der Waals surface area contributed by atoms with Gasteiger partial charge in [0.1, 0.15) is 6.04 Å². The van der Waals surface area contributed by atoms with E-state index in [-0.39, 0.29) is 5.56 Å². The predicted molar refractivity (Wildman–Crippen MR) is 54.7 cm³/mol. The lowest BCUT2D eigenvalue weighted by atomic mass is 10.1. The minimum atomic E-state index is -1.22. The Morgan fingerprint density at radius 2 is 2.27 bits per heavy atom. The molecule has 0 bridgehead atoms. The van der Waals surface area contributed by atoms with Crippen molar-refractivity contribution in [2.24, 2.45) is 5.73 Å². The first kappa shape index (κ1) is 11.9. The predicted octanol–water partition coefficient (Wildman–Crippen LogP) is 1.47. The third kappa shape index (κ3) is 2.27. The van der Waals surface area contributed by atoms with Gasteiger partial charge < -0.3 is 15.6 Å². The Bertz CT molecular complexity index is 397. The summed E-state index contributed by atoms with van der Waals surface area (Å²) in [6, 6.07) is 1.19. The van der Waals surface area contributed by atoms with Crippen LogP contribution in [0.1, 0.15) is 11.6 Å². The fourth-order valence-electron chi connectivity index (χ4n) is 1.10. The lowest BCUT2D eigenvalue weighted by Gasteiger charge is -2.13. The first-order chi connectivity index (χ1) is 6.99. The van der Waals surface area contributed by atoms with Crippen molar-refractivity contribution in [2.45, 2.75) is 6.04 Å². The number of hydrogen-bond donors (Lipinski definition) is 2. The lowest BCUT2D eigenvalue weighted by molar-refractivity contribution is -0.142. The van der Waals surface area contributed by atoms with E-state index in [1.807, 2.05) is 0 Å². The molecule has 0 unspecified atom stereocenters. The highest BCUT2D eigenvalue weighted by atomic mass is 79.9. The van der Waals surface area contributed by atoms with Crippen LogP contribution in [0.5, 0.6) is 5.75 Å². The van der Waals surface area contributed by atoms with Gasteiger partial charge in [-0.25, -0.2) is 4.39 Å². The summed E-state index contributed by atoms with van der Waals surface area (Å²) >= 11 is 3.06. The highest BCUT2D eigenvalue weighted by molar-refractivity contribution is 9.10. The van der Waals surface area contributed by atoms with Crippen molar-refractivity contribution >= 4 is 21.9 Å². The number of aromatic hydroxyl groups is 1. The molecule has 15 heavy (non-hydrogen) atoms. The Morgan fingerprint density at radius 3 is 2.80 bits per heavy atom. The summed E-state index contributed by atoms with van der Waals surface area (Å²) < 4.78 is 17.8. The summed E-state index contributed by atoms with van der Waals surface area (Å²) in [6.07, 6.45) is 0. The minimum absolute atomic E-state index is 0.0261. The van der Waals surface area contributed by atoms with Crippen LogP contribution in [0.3, 0.4) is 0 Å². The number of hydrogen-bond acceptors (Lipinski definition) is 4. The number of rotatable bonds is 2. The van der Waals surface area contributed by atoms with E-state index in [1.54, 1.807) is 0 Å². The number of benzene rings is 1. The van der Waals surface area contributed by atoms with Gasteiger partial charge in [-0.3, -0.25) is 4.79 Å². The monoisotopic (exact) mass is 277 g/mol. The Kier molecular flexibility index (Phi) is 3.65. The van der Waals surface area contributed by atoms with Gasteiger partial charge in [0.2, 0.25) is 0 Å². The van der Waals surface area contributed by atoms with Crippen molar-refractivity contribution in [3.05, 3.63) is 28.0 Å². The van der Waals surface area contributed by atoms with Gasteiger partial charge in [0.25, 0.3) is 0 Å². The van der Waals surface area contributed by atoms with Crippen molar-refractivity contribution in [2.75, 3.05) is 7.11 Å². The van der Waals surface area contributed by atoms with Crippen LogP contribution >= 0.6 is 15.9 Å². The van der Waals surface area contributed by atoms with Crippen molar-refractivity contribution in [1.82, 2.24) is 0 Å². The van der Waals surface area contributed by atoms with Crippen LogP contribution in [0.2, 0.25) is 0 Å². The highest BCUT2D eigenvalue weighted by Crippen LogP contribution is 2.33. The smallest absolute Gasteiger partial charge is 0.327 e. The fourth-order valence-corrected chi connectivity index (χ4v) is 1.66. The number of carbonyl (C=O) groups is 1. The molecule has 4 nitrogen and oxygen atoms in total. The maximum Gasteiger partial charge on any atom is 0.327 e. The van der Waals surface area contributed by atoms with Gasteiger partial charge in [0.15, 0.2) is 11.6 Å². The molecule has 0 aliphatic heterocycles. The van der Waals surface area contributed by atoms with Gasteiger partial charge in [-0.2, -0.15) is 0 Å². The number of halogens is 2. The van der Waals surface area contributed by atoms with Crippen molar-refractivity contribution in [3.8, 4) is 5.75 Å². The first-order valence-electron chi connectivity index (χ1n) is 3.99. The molecule has 1 atom stereocenters. The van der Waals surface area contributed by atoms with E-state index in [0.717, 1.165) is 13.2 Å². The Balaban J connectivity index is 3.24. The standard InChI is InChI=1S/C9H9BrFNO3/c1-15-9(14)7(12)6-4(10)2-3-5(11)8(6)13/h2-3,7,13H,12H2,1H3/t7-/m0/s1. The zero-order valence-corrected chi connectivity index (χ0v) is 9.42. The molecule has 1 aromatic carbocycles. The molecule has 0 spiro atoms. The first-order valence-corrected chi connectivity index (χ1v) is 4.78. The van der Waals surface area contributed by atoms with E-state index in [1.165, 1.54) is 6.07 Å². The summed E-state index contributed by atoms with van der Waals surface area (Å²) in [7, 11) is 1.16. The Morgan fingerprint density at radius 1 is 1.67 bits per heavy atom. The van der Waals surface area contributed by atoms with Crippen LogP contribution < -0.4 is 5.73 Å². The molecule has 0 amide bonds. The topological polar surface area (TPSA) is 72.5 Å². The molecular weight excluding hydrogens is 269 g/mol. The second kappa shape index (κ2) is 4.59. The zero-order chi connectivity index (χ0) is 11.6. The van der Waals surface area contributed by atoms with Gasteiger partial charge in [0, 0.05) is 10.0 Å². The van der Waals surface area contributed by atoms with Gasteiger partial charge in [-0.1, -0.05) is 15.9 Å². The van der Waals surface area contributed by atoms with Crippen molar-refractivity contribution < 1.29 is 19.0 Å². The number of methoxy groups -OCH3 is 1. The molecular formula is C9H9BrFNO3. The van der Waals surface area contributed by atoms with E-state index >= 15 is 0 Å². The average Bonchev–Trinajstić information content (AvgIpc) is 2.22. The largest absolute Gasteiger partial charge is 0.505 e. The Labute approximate surface area is 94.0 Å². The number of ether oxygens (including phenoxy) is 1. The van der Waals surface area contributed by atoms with E-state index in [4.69, 9.17) is 5.73 Å². The number of nitrogens with two attached hydrogens (primary N) is 1. The summed E-state index contributed by atoms with van der Waals surface area (Å²) in [5.74, 6) is -2.24. The van der Waals surface area contributed by atoms with Gasteiger partial charge in [-0.05, 0) is 12.1 Å². The van der Waals surface area contributed by atoms with E-state index < -0.39 is 23.6 Å². The van der Waals surface area contributed by atoms with Crippen LogP contribution in [0, 0.1) is 5.82 Å². The normalized spacial score (nSPS) is 12.3. The molecule has 0 aliphatic carbocycles. The Hall–Kier alpha value is -1.14. The molecule has 82 valence electrons. The van der Waals surface area contributed by atoms with Crippen LogP contribution in [-0.2, 0) is 9.53 Å². The highest BCUT2D eigenvalue weighted by Gasteiger charge is 2.24. The molecule has 0 radical (unpaired) electrons. The van der Waals surface area contributed by atoms with Crippen LogP contribution in [0.15, 0.2) is 16.6 Å². The molecule has 0 aromatic heterocycles. The molecule has 1 aromatic rings. The summed E-state index contributed by atoms with van der Waals surface area (Å²) in [4.78, 5) is 11.1. The third-order valence-corrected chi connectivity index (χ3v) is 2.57. The van der Waals surface area contributed by atoms with Crippen LogP contribution in [0.4, 0.5) is 4.39 Å². The van der Waals surface area contributed by atoms with E-state index in [2.05, 4.69) is 20.7 Å². The number of phenolic OH excluding ortho intramolecular Hbond substituents is 1. The molecule has 0 saturated carbocycles. The summed E-state index contributed by atoms with van der Waals surface area (Å²) in [6.45, 7) is 0. The second-order valence-electron chi connectivity index (χ2n) is 2.79. The van der Waals surface area contributed by atoms with Gasteiger partial charge >= 0.3 is 5.97 Å². The van der Waals surface area contributed by atoms with Crippen molar-refractivity contribution in [3.63, 3.8) is 0 Å². The minimum Gasteiger partial charge on any atom is -0.505 e. The summed E-state index contributed by atoms with van der Waals surface area (Å²) in [5.41, 5.74) is 5.46. The SMILES string of the molecule is COC(=O)[C@@H](N)c1c(Br)ccc(F)c1O. The van der Waals surface area contributed by atoms with Crippen molar-refractivity contribution in [1.29, 1.82) is 0 Å². The van der Waals surface area contributed by atoms with E-state index in [0.29, 0.717) is 4.47 Å². The van der Waals surface area contributed by atoms with Crippen LogP contribution in [-0.4, -0.2) is 18.2 Å². The molecule has 3 N–H and O–H groups in total. The molecule has 0 saturated heterocycles. The second-order valence-corrected chi connectivity index (χ2v) is 3.65. The summed E-state index contributed by atoms with van der Waals surface area (Å²) in [5, 5.41) is 9.40. The van der Waals surface area contributed by atoms with Gasteiger partial charge in [-0.15, -0.1) is 0 Å². The number of carbonyl (C=O) groups excluding carboxylic acids is 1. The average molecular weight is 278 g/mol. The maximum atomic E-state index is 13.0. The van der Waals surface area contributed by atoms with Gasteiger partial charge in [0.05, 0.1) is 7.11 Å². The molecule has 6 heteroatoms.